The molecule has 1 aromatic carbocycles. The van der Waals surface area contributed by atoms with E-state index in [2.05, 4.69) is 4.99 Å². The largest absolute Gasteiger partial charge is 0.463 e. The van der Waals surface area contributed by atoms with E-state index in [0.29, 0.717) is 26.2 Å². The van der Waals surface area contributed by atoms with Crippen LogP contribution in [0.5, 0.6) is 11.5 Å². The minimum atomic E-state index is -0.679. The minimum Gasteiger partial charge on any atom is -0.463 e. The van der Waals surface area contributed by atoms with Crippen molar-refractivity contribution in [1.29, 1.82) is 0 Å². The van der Waals surface area contributed by atoms with Gasteiger partial charge in [0.2, 0.25) is 0 Å². The number of nitrogens with zero attached hydrogens (tertiary/aromatic N) is 2. The van der Waals surface area contributed by atoms with Crippen LogP contribution in [0.15, 0.2) is 56.8 Å². The number of esters is 3. The molecule has 0 aliphatic carbocycles. The van der Waals surface area contributed by atoms with E-state index in [1.807, 2.05) is 17.5 Å². The lowest BCUT2D eigenvalue weighted by atomic mass is 10.0. The maximum atomic E-state index is 13.6. The summed E-state index contributed by atoms with van der Waals surface area (Å²) in [7, 11) is 0. The number of ether oxygens (including phenoxy) is 3. The Labute approximate surface area is 213 Å². The summed E-state index contributed by atoms with van der Waals surface area (Å²) >= 11 is 2.58. The molecule has 0 unspecified atom stereocenters. The van der Waals surface area contributed by atoms with Crippen LogP contribution in [0.3, 0.4) is 0 Å². The van der Waals surface area contributed by atoms with E-state index in [0.717, 1.165) is 16.2 Å². The molecule has 0 bridgehead atoms. The molecule has 0 amide bonds. The summed E-state index contributed by atoms with van der Waals surface area (Å²) in [5.41, 5.74) is 0.861. The van der Waals surface area contributed by atoms with Gasteiger partial charge >= 0.3 is 17.9 Å². The number of rotatable bonds is 6. The third kappa shape index (κ3) is 5.07. The summed E-state index contributed by atoms with van der Waals surface area (Å²) in [5, 5.41) is 1.87. The highest BCUT2D eigenvalue weighted by molar-refractivity contribution is 7.10. The average Bonchev–Trinajstić information content (AvgIpc) is 3.43. The van der Waals surface area contributed by atoms with Gasteiger partial charge in [0.05, 0.1) is 22.4 Å². The first-order valence-corrected chi connectivity index (χ1v) is 12.6. The van der Waals surface area contributed by atoms with Crippen LogP contribution >= 0.6 is 22.7 Å². The Balaban J connectivity index is 1.89. The highest BCUT2D eigenvalue weighted by Gasteiger charge is 2.33. The molecule has 0 fully saturated rings. The van der Waals surface area contributed by atoms with Crippen molar-refractivity contribution in [3.63, 3.8) is 0 Å². The molecule has 11 heteroatoms. The number of carbonyl (C=O) groups excluding carboxylic acids is 3. The fourth-order valence-corrected chi connectivity index (χ4v) is 5.62. The monoisotopic (exact) mass is 526 g/mol. The molecule has 0 saturated carbocycles. The van der Waals surface area contributed by atoms with E-state index in [1.165, 1.54) is 41.9 Å². The standard InChI is InChI=1S/C25H22N2O7S2/c1-5-32-24(31)21-13(2)26-25-27(22(21)19-7-6-10-35-19)23(30)20(36-25)11-16-8-9-17(33-14(3)28)12-18(16)34-15(4)29/h6-12,22H,5H2,1-4H3/t22-/m1/s1. The molecule has 0 spiro atoms. The van der Waals surface area contributed by atoms with Crippen molar-refractivity contribution in [3.05, 3.63) is 77.1 Å². The van der Waals surface area contributed by atoms with Gasteiger partial charge in [0.25, 0.3) is 5.56 Å². The summed E-state index contributed by atoms with van der Waals surface area (Å²) in [6, 6.07) is 7.56. The quantitative estimate of drug-likeness (QED) is 0.358. The molecule has 0 N–H and O–H groups in total. The van der Waals surface area contributed by atoms with Crippen LogP contribution in [-0.2, 0) is 19.1 Å². The number of fused-ring (bicyclic) bond motifs is 1. The number of benzene rings is 1. The number of carbonyl (C=O) groups is 3. The maximum absolute atomic E-state index is 13.6. The van der Waals surface area contributed by atoms with E-state index < -0.39 is 23.9 Å². The molecule has 1 aliphatic rings. The highest BCUT2D eigenvalue weighted by atomic mass is 32.1. The topological polar surface area (TPSA) is 113 Å². The number of thiazole rings is 1. The molecule has 3 aromatic rings. The lowest BCUT2D eigenvalue weighted by Crippen LogP contribution is -2.39. The zero-order chi connectivity index (χ0) is 26.0. The molecule has 186 valence electrons. The van der Waals surface area contributed by atoms with E-state index in [-0.39, 0.29) is 23.7 Å². The molecule has 3 heterocycles. The van der Waals surface area contributed by atoms with Crippen LogP contribution in [0.4, 0.5) is 0 Å². The third-order valence-electron chi connectivity index (χ3n) is 5.12. The second kappa shape index (κ2) is 10.4. The molecule has 4 rings (SSSR count). The molecular weight excluding hydrogens is 504 g/mol. The fraction of sp³-hybridized carbons (Fsp3) is 0.240. The first-order valence-electron chi connectivity index (χ1n) is 10.9. The Bertz CT molecular complexity index is 1560. The van der Waals surface area contributed by atoms with Gasteiger partial charge in [0.1, 0.15) is 17.5 Å². The summed E-state index contributed by atoms with van der Waals surface area (Å²) in [6.07, 6.45) is 1.58. The molecule has 1 aliphatic heterocycles. The lowest BCUT2D eigenvalue weighted by molar-refractivity contribution is -0.139. The second-order valence-corrected chi connectivity index (χ2v) is 9.69. The lowest BCUT2D eigenvalue weighted by Gasteiger charge is -2.23. The minimum absolute atomic E-state index is 0.130. The normalized spacial score (nSPS) is 15.2. The predicted octanol–water partition coefficient (Wildman–Crippen LogP) is 2.71. The molecular formula is C25H22N2O7S2. The van der Waals surface area contributed by atoms with Crippen LogP contribution in [0, 0.1) is 0 Å². The Hall–Kier alpha value is -3.83. The zero-order valence-corrected chi connectivity index (χ0v) is 21.5. The molecule has 0 saturated heterocycles. The highest BCUT2D eigenvalue weighted by Crippen LogP contribution is 2.33. The molecule has 9 nitrogen and oxygen atoms in total. The second-order valence-electron chi connectivity index (χ2n) is 7.70. The first kappa shape index (κ1) is 25.3. The van der Waals surface area contributed by atoms with Gasteiger partial charge < -0.3 is 14.2 Å². The number of allylic oxidation sites excluding steroid dienone is 1. The van der Waals surface area contributed by atoms with Gasteiger partial charge in [-0.3, -0.25) is 19.0 Å². The summed E-state index contributed by atoms with van der Waals surface area (Å²) in [6.45, 7) is 6.14. The Morgan fingerprint density at radius 3 is 2.53 bits per heavy atom. The van der Waals surface area contributed by atoms with Crippen molar-refractivity contribution in [2.24, 2.45) is 4.99 Å². The van der Waals surface area contributed by atoms with E-state index in [4.69, 9.17) is 14.2 Å². The molecule has 0 radical (unpaired) electrons. The number of aromatic nitrogens is 1. The van der Waals surface area contributed by atoms with Gasteiger partial charge in [-0.1, -0.05) is 17.4 Å². The Morgan fingerprint density at radius 2 is 1.89 bits per heavy atom. The number of hydrogen-bond acceptors (Lipinski definition) is 10. The summed E-state index contributed by atoms with van der Waals surface area (Å²) in [5.74, 6) is -1.29. The van der Waals surface area contributed by atoms with E-state index in [9.17, 15) is 19.2 Å². The van der Waals surface area contributed by atoms with E-state index >= 15 is 0 Å². The van der Waals surface area contributed by atoms with Crippen LogP contribution in [0.2, 0.25) is 0 Å². The third-order valence-corrected chi connectivity index (χ3v) is 7.02. The SMILES string of the molecule is CCOC(=O)C1=C(C)N=c2sc(=Cc3ccc(OC(C)=O)cc3OC(C)=O)c(=O)n2[C@@H]1c1cccs1. The van der Waals surface area contributed by atoms with Crippen molar-refractivity contribution in [2.75, 3.05) is 6.61 Å². The van der Waals surface area contributed by atoms with Gasteiger partial charge in [-0.05, 0) is 43.5 Å². The predicted molar refractivity (Wildman–Crippen MR) is 134 cm³/mol. The van der Waals surface area contributed by atoms with Gasteiger partial charge in [0.15, 0.2) is 4.80 Å². The maximum Gasteiger partial charge on any atom is 0.338 e. The Kier molecular flexibility index (Phi) is 7.32. The molecule has 2 aromatic heterocycles. The summed E-state index contributed by atoms with van der Waals surface area (Å²) < 4.78 is 17.5. The first-order chi connectivity index (χ1) is 17.2. The van der Waals surface area contributed by atoms with Gasteiger partial charge in [0, 0.05) is 30.4 Å². The van der Waals surface area contributed by atoms with Crippen LogP contribution in [0.1, 0.15) is 44.2 Å². The van der Waals surface area contributed by atoms with Crippen molar-refractivity contribution >= 4 is 46.7 Å². The zero-order valence-electron chi connectivity index (χ0n) is 19.9. The molecule has 1 atom stereocenters. The van der Waals surface area contributed by atoms with Gasteiger partial charge in [-0.25, -0.2) is 9.79 Å². The van der Waals surface area contributed by atoms with Crippen LogP contribution < -0.4 is 24.4 Å². The van der Waals surface area contributed by atoms with Crippen molar-refractivity contribution in [1.82, 2.24) is 4.57 Å². The van der Waals surface area contributed by atoms with Crippen LogP contribution in [-0.4, -0.2) is 29.1 Å². The smallest absolute Gasteiger partial charge is 0.338 e. The Morgan fingerprint density at radius 1 is 1.14 bits per heavy atom. The van der Waals surface area contributed by atoms with Crippen molar-refractivity contribution < 1.29 is 28.6 Å². The van der Waals surface area contributed by atoms with Crippen molar-refractivity contribution in [3.8, 4) is 11.5 Å². The van der Waals surface area contributed by atoms with E-state index in [1.54, 1.807) is 26.0 Å². The van der Waals surface area contributed by atoms with Gasteiger partial charge in [-0.2, -0.15) is 0 Å². The fourth-order valence-electron chi connectivity index (χ4n) is 3.76. The molecule has 36 heavy (non-hydrogen) atoms. The van der Waals surface area contributed by atoms with Gasteiger partial charge in [-0.15, -0.1) is 11.3 Å². The number of hydrogen-bond donors (Lipinski definition) is 0. The van der Waals surface area contributed by atoms with Crippen molar-refractivity contribution in [2.45, 2.75) is 33.7 Å². The number of thiophene rings is 1. The van der Waals surface area contributed by atoms with Crippen LogP contribution in [0.25, 0.3) is 6.08 Å². The summed E-state index contributed by atoms with van der Waals surface area (Å²) in [4.78, 5) is 55.2. The average molecular weight is 527 g/mol.